The maximum absolute atomic E-state index is 5.54. The Hall–Kier alpha value is -0.820. The monoisotopic (exact) mass is 168 g/mol. The first-order valence-electron chi connectivity index (χ1n) is 3.47. The molecule has 0 fully saturated rings. The number of hydrogen-bond acceptors (Lipinski definition) is 0. The summed E-state index contributed by atoms with van der Waals surface area (Å²) in [7, 11) is 1.92. The molecule has 11 heavy (non-hydrogen) atoms. The van der Waals surface area contributed by atoms with Crippen molar-refractivity contribution >= 4 is 23.0 Å². The predicted molar refractivity (Wildman–Crippen MR) is 48.9 cm³/mol. The van der Waals surface area contributed by atoms with Crippen molar-refractivity contribution in [3.8, 4) is 0 Å². The summed E-state index contributed by atoms with van der Waals surface area (Å²) < 4.78 is 1.87. The number of hydrogen-bond donors (Lipinski definition) is 0. The van der Waals surface area contributed by atoms with Gasteiger partial charge in [0.2, 0.25) is 11.4 Å². The van der Waals surface area contributed by atoms with Crippen molar-refractivity contribution in [3.05, 3.63) is 29.8 Å². The van der Waals surface area contributed by atoms with Crippen molar-refractivity contribution in [1.29, 1.82) is 0 Å². The van der Waals surface area contributed by atoms with Gasteiger partial charge in [0, 0.05) is 12.1 Å². The lowest BCUT2D eigenvalue weighted by molar-refractivity contribution is -0.397. The molecule has 0 aliphatic carbocycles. The lowest BCUT2D eigenvalue weighted by Gasteiger charge is -1.94. The third-order valence-corrected chi connectivity index (χ3v) is 1.85. The minimum atomic E-state index is 1.11. The van der Waals surface area contributed by atoms with Gasteiger partial charge in [-0.05, 0) is 24.1 Å². The Morgan fingerprint density at radius 2 is 2.18 bits per heavy atom. The molecule has 0 bridgehead atoms. The zero-order chi connectivity index (χ0) is 8.27. The van der Waals surface area contributed by atoms with E-state index in [2.05, 4.69) is 19.1 Å². The minimum absolute atomic E-state index is 1.11. The summed E-state index contributed by atoms with van der Waals surface area (Å²) in [5, 5.41) is 0. The zero-order valence-electron chi connectivity index (χ0n) is 6.71. The summed E-state index contributed by atoms with van der Waals surface area (Å²) in [6.07, 6.45) is 0. The second-order valence-corrected chi connectivity index (χ2v) is 2.74. The molecule has 0 saturated heterocycles. The van der Waals surface area contributed by atoms with Crippen LogP contribution in [0.3, 0.4) is 0 Å². The van der Waals surface area contributed by atoms with Crippen LogP contribution in [0, 0.1) is 6.92 Å². The summed E-state index contributed by atoms with van der Waals surface area (Å²) in [6.45, 7) is 2.06. The van der Waals surface area contributed by atoms with Crippen LogP contribution < -0.4 is 0 Å². The molecule has 0 radical (unpaired) electrons. The van der Waals surface area contributed by atoms with E-state index >= 15 is 0 Å². The van der Waals surface area contributed by atoms with Gasteiger partial charge >= 0.3 is 0 Å². The highest BCUT2D eigenvalue weighted by Crippen LogP contribution is 2.11. The van der Waals surface area contributed by atoms with Crippen LogP contribution in [-0.4, -0.2) is 17.3 Å². The molecule has 0 atom stereocenters. The fourth-order valence-corrected chi connectivity index (χ4v) is 1.02. The normalized spacial score (nSPS) is 11.7. The lowest BCUT2D eigenvalue weighted by atomic mass is 10.2. The van der Waals surface area contributed by atoms with Gasteiger partial charge in [0.1, 0.15) is 7.05 Å². The smallest absolute Gasteiger partial charge is 0.191 e. The van der Waals surface area contributed by atoms with Crippen molar-refractivity contribution in [1.82, 2.24) is 0 Å². The second kappa shape index (κ2) is 3.54. The highest BCUT2D eigenvalue weighted by atomic mass is 35.5. The van der Waals surface area contributed by atoms with Crippen LogP contribution in [0.2, 0.25) is 0 Å². The molecule has 2 heteroatoms. The van der Waals surface area contributed by atoms with Crippen molar-refractivity contribution in [3.63, 3.8) is 0 Å². The van der Waals surface area contributed by atoms with Gasteiger partial charge in [-0.2, -0.15) is 4.58 Å². The van der Waals surface area contributed by atoms with E-state index in [1.807, 2.05) is 23.8 Å². The van der Waals surface area contributed by atoms with Gasteiger partial charge < -0.3 is 0 Å². The van der Waals surface area contributed by atoms with E-state index in [4.69, 9.17) is 11.6 Å². The highest BCUT2D eigenvalue weighted by Gasteiger charge is 1.99. The standard InChI is InChI=1S/C9H11ClN/c1-8-4-3-5-9(6-8)11(2)7-10/h3-7H,1-2H3/q+1. The first-order chi connectivity index (χ1) is 5.24. The average Bonchev–Trinajstić information content (AvgIpc) is 2.03. The van der Waals surface area contributed by atoms with Gasteiger partial charge in [-0.1, -0.05) is 12.1 Å². The van der Waals surface area contributed by atoms with Gasteiger partial charge in [0.05, 0.1) is 0 Å². The van der Waals surface area contributed by atoms with Crippen molar-refractivity contribution in [2.45, 2.75) is 6.92 Å². The molecule has 0 spiro atoms. The van der Waals surface area contributed by atoms with E-state index in [0.717, 1.165) is 5.69 Å². The molecule has 1 nitrogen and oxygen atoms in total. The SMILES string of the molecule is Cc1cccc([N+](C)=CCl)c1. The second-order valence-electron chi connectivity index (χ2n) is 2.55. The number of aryl methyl sites for hydroxylation is 1. The Kier molecular flexibility index (Phi) is 2.66. The summed E-state index contributed by atoms with van der Waals surface area (Å²) in [5.41, 5.74) is 3.88. The minimum Gasteiger partial charge on any atom is -0.191 e. The summed E-state index contributed by atoms with van der Waals surface area (Å²) >= 11 is 5.54. The topological polar surface area (TPSA) is 3.01 Å². The largest absolute Gasteiger partial charge is 0.238 e. The maximum Gasteiger partial charge on any atom is 0.238 e. The molecular formula is C9H11ClN+. The molecule has 0 aliphatic rings. The van der Waals surface area contributed by atoms with Crippen molar-refractivity contribution in [2.75, 3.05) is 7.05 Å². The molecule has 0 N–H and O–H groups in total. The third kappa shape index (κ3) is 2.05. The van der Waals surface area contributed by atoms with Crippen LogP contribution in [0.5, 0.6) is 0 Å². The number of benzene rings is 1. The van der Waals surface area contributed by atoms with Gasteiger partial charge in [0.15, 0.2) is 0 Å². The fourth-order valence-electron chi connectivity index (χ4n) is 0.904. The van der Waals surface area contributed by atoms with E-state index in [9.17, 15) is 0 Å². The molecule has 0 aliphatic heterocycles. The number of rotatable bonds is 1. The summed E-state index contributed by atoms with van der Waals surface area (Å²) in [4.78, 5) is 0. The van der Waals surface area contributed by atoms with Crippen LogP contribution in [0.1, 0.15) is 5.56 Å². The van der Waals surface area contributed by atoms with Gasteiger partial charge in [-0.25, -0.2) is 0 Å². The quantitative estimate of drug-likeness (QED) is 0.448. The van der Waals surface area contributed by atoms with Gasteiger partial charge in [-0.15, -0.1) is 0 Å². The number of nitrogens with zero attached hydrogens (tertiary/aromatic N) is 1. The Bertz CT molecular complexity index is 279. The van der Waals surface area contributed by atoms with E-state index < -0.39 is 0 Å². The molecule has 1 aromatic rings. The Morgan fingerprint density at radius 3 is 2.73 bits per heavy atom. The number of halogens is 1. The molecular weight excluding hydrogens is 158 g/mol. The Morgan fingerprint density at radius 1 is 1.45 bits per heavy atom. The molecule has 0 unspecified atom stereocenters. The zero-order valence-corrected chi connectivity index (χ0v) is 7.47. The first kappa shape index (κ1) is 8.28. The third-order valence-electron chi connectivity index (χ3n) is 1.56. The molecule has 0 saturated carbocycles. The van der Waals surface area contributed by atoms with Crippen LogP contribution >= 0.6 is 11.6 Å². The van der Waals surface area contributed by atoms with Gasteiger partial charge in [0.25, 0.3) is 0 Å². The van der Waals surface area contributed by atoms with Crippen LogP contribution in [0.25, 0.3) is 0 Å². The van der Waals surface area contributed by atoms with E-state index in [0.29, 0.717) is 0 Å². The van der Waals surface area contributed by atoms with Gasteiger partial charge in [-0.3, -0.25) is 0 Å². The Labute approximate surface area is 71.9 Å². The molecule has 1 rings (SSSR count). The molecule has 0 heterocycles. The Balaban J connectivity index is 3.06. The summed E-state index contributed by atoms with van der Waals surface area (Å²) in [5.74, 6) is 0. The molecule has 1 aromatic carbocycles. The fraction of sp³-hybridized carbons (Fsp3) is 0.222. The highest BCUT2D eigenvalue weighted by molar-refractivity contribution is 6.54. The van der Waals surface area contributed by atoms with Crippen molar-refractivity contribution < 1.29 is 4.58 Å². The predicted octanol–water partition coefficient (Wildman–Crippen LogP) is 2.54. The average molecular weight is 169 g/mol. The van der Waals surface area contributed by atoms with Crippen molar-refractivity contribution in [2.24, 2.45) is 0 Å². The van der Waals surface area contributed by atoms with E-state index in [-0.39, 0.29) is 0 Å². The van der Waals surface area contributed by atoms with E-state index in [1.165, 1.54) is 11.2 Å². The van der Waals surface area contributed by atoms with Crippen LogP contribution in [0.15, 0.2) is 24.3 Å². The van der Waals surface area contributed by atoms with E-state index in [1.54, 1.807) is 0 Å². The van der Waals surface area contributed by atoms with Crippen LogP contribution in [-0.2, 0) is 0 Å². The summed E-state index contributed by atoms with van der Waals surface area (Å²) in [6, 6.07) is 8.18. The maximum atomic E-state index is 5.54. The molecule has 58 valence electrons. The first-order valence-corrected chi connectivity index (χ1v) is 3.91. The molecule has 0 amide bonds. The lowest BCUT2D eigenvalue weighted by Crippen LogP contribution is -1.95. The van der Waals surface area contributed by atoms with Crippen LogP contribution in [0.4, 0.5) is 5.69 Å². The molecule has 0 aromatic heterocycles.